The zero-order valence-corrected chi connectivity index (χ0v) is 17.7. The molecule has 29 heavy (non-hydrogen) atoms. The highest BCUT2D eigenvalue weighted by molar-refractivity contribution is 5.76. The number of nitrogens with zero attached hydrogens (tertiary/aromatic N) is 2. The second-order valence-corrected chi connectivity index (χ2v) is 7.48. The van der Waals surface area contributed by atoms with Crippen molar-refractivity contribution in [3.05, 3.63) is 36.5 Å². The number of pyridine rings is 1. The second kappa shape index (κ2) is 10.8. The van der Waals surface area contributed by atoms with E-state index in [1.807, 2.05) is 44.2 Å². The van der Waals surface area contributed by atoms with E-state index in [-0.39, 0.29) is 6.10 Å². The Hall–Kier alpha value is -2.60. The third kappa shape index (κ3) is 6.46. The van der Waals surface area contributed by atoms with Crippen molar-refractivity contribution in [1.29, 1.82) is 0 Å². The van der Waals surface area contributed by atoms with Crippen LogP contribution in [-0.2, 0) is 0 Å². The summed E-state index contributed by atoms with van der Waals surface area (Å²) in [5, 5.41) is 3.44. The predicted octanol–water partition coefficient (Wildman–Crippen LogP) is 4.96. The SMILES string of the molecule is CCCCCCNCCOc1cc(OC(C)C)cc(-c2nc3ncccc3[nH]2)c1. The summed E-state index contributed by atoms with van der Waals surface area (Å²) in [6.07, 6.45) is 6.90. The van der Waals surface area contributed by atoms with Crippen molar-refractivity contribution >= 4 is 11.2 Å². The Balaban J connectivity index is 1.66. The smallest absolute Gasteiger partial charge is 0.178 e. The fourth-order valence-corrected chi connectivity index (χ4v) is 3.16. The van der Waals surface area contributed by atoms with Gasteiger partial charge in [-0.2, -0.15) is 0 Å². The lowest BCUT2D eigenvalue weighted by molar-refractivity contribution is 0.240. The van der Waals surface area contributed by atoms with Gasteiger partial charge in [-0.1, -0.05) is 26.2 Å². The van der Waals surface area contributed by atoms with Gasteiger partial charge >= 0.3 is 0 Å². The Morgan fingerprint density at radius 1 is 1.07 bits per heavy atom. The first-order valence-electron chi connectivity index (χ1n) is 10.6. The summed E-state index contributed by atoms with van der Waals surface area (Å²) in [6.45, 7) is 8.73. The number of hydrogen-bond acceptors (Lipinski definition) is 5. The molecule has 0 spiro atoms. The molecule has 0 aliphatic rings. The molecule has 0 amide bonds. The average Bonchev–Trinajstić information content (AvgIpc) is 3.14. The van der Waals surface area contributed by atoms with E-state index < -0.39 is 0 Å². The molecular formula is C23H32N4O2. The molecule has 0 radical (unpaired) electrons. The summed E-state index contributed by atoms with van der Waals surface area (Å²) < 4.78 is 11.9. The maximum absolute atomic E-state index is 5.99. The molecule has 3 rings (SSSR count). The van der Waals surface area contributed by atoms with Gasteiger partial charge in [-0.25, -0.2) is 9.97 Å². The van der Waals surface area contributed by atoms with Crippen LogP contribution in [0.3, 0.4) is 0 Å². The van der Waals surface area contributed by atoms with Crippen LogP contribution in [0.25, 0.3) is 22.6 Å². The first-order valence-corrected chi connectivity index (χ1v) is 10.6. The highest BCUT2D eigenvalue weighted by Crippen LogP contribution is 2.30. The van der Waals surface area contributed by atoms with Crippen molar-refractivity contribution < 1.29 is 9.47 Å². The molecule has 2 aromatic heterocycles. The predicted molar refractivity (Wildman–Crippen MR) is 118 cm³/mol. The Morgan fingerprint density at radius 2 is 1.93 bits per heavy atom. The molecule has 156 valence electrons. The van der Waals surface area contributed by atoms with Crippen LogP contribution in [0.5, 0.6) is 11.5 Å². The number of H-pyrrole nitrogens is 1. The van der Waals surface area contributed by atoms with Gasteiger partial charge in [-0.15, -0.1) is 0 Å². The lowest BCUT2D eigenvalue weighted by Gasteiger charge is -2.14. The van der Waals surface area contributed by atoms with Crippen LogP contribution in [0.2, 0.25) is 0 Å². The van der Waals surface area contributed by atoms with E-state index in [2.05, 4.69) is 27.2 Å². The van der Waals surface area contributed by atoms with Crippen molar-refractivity contribution in [2.24, 2.45) is 0 Å². The quantitative estimate of drug-likeness (QED) is 0.423. The van der Waals surface area contributed by atoms with Crippen molar-refractivity contribution in [3.8, 4) is 22.9 Å². The van der Waals surface area contributed by atoms with E-state index in [1.54, 1.807) is 6.20 Å². The van der Waals surface area contributed by atoms with Gasteiger partial charge in [0.05, 0.1) is 11.6 Å². The van der Waals surface area contributed by atoms with Gasteiger partial charge < -0.3 is 19.8 Å². The molecule has 0 saturated heterocycles. The average molecular weight is 397 g/mol. The topological polar surface area (TPSA) is 72.1 Å². The minimum atomic E-state index is 0.0835. The largest absolute Gasteiger partial charge is 0.492 e. The summed E-state index contributed by atoms with van der Waals surface area (Å²) in [6, 6.07) is 9.78. The normalized spacial score (nSPS) is 11.3. The number of benzene rings is 1. The van der Waals surface area contributed by atoms with Gasteiger partial charge in [0.25, 0.3) is 0 Å². The Bertz CT molecular complexity index is 858. The highest BCUT2D eigenvalue weighted by atomic mass is 16.5. The van der Waals surface area contributed by atoms with Gasteiger partial charge in [0.1, 0.15) is 23.9 Å². The van der Waals surface area contributed by atoms with Crippen molar-refractivity contribution in [2.75, 3.05) is 19.7 Å². The summed E-state index contributed by atoms with van der Waals surface area (Å²) in [5.41, 5.74) is 2.53. The molecule has 0 saturated carbocycles. The molecule has 0 atom stereocenters. The van der Waals surface area contributed by atoms with Gasteiger partial charge in [0.2, 0.25) is 0 Å². The molecule has 0 unspecified atom stereocenters. The third-order valence-corrected chi connectivity index (χ3v) is 4.54. The molecule has 0 aliphatic carbocycles. The minimum Gasteiger partial charge on any atom is -0.492 e. The number of fused-ring (bicyclic) bond motifs is 1. The first kappa shape index (κ1) is 21.1. The van der Waals surface area contributed by atoms with E-state index in [9.17, 15) is 0 Å². The van der Waals surface area contributed by atoms with Gasteiger partial charge in [0.15, 0.2) is 5.65 Å². The number of nitrogens with one attached hydrogen (secondary N) is 2. The molecule has 6 heteroatoms. The number of unbranched alkanes of at least 4 members (excludes halogenated alkanes) is 3. The van der Waals surface area contributed by atoms with Crippen LogP contribution < -0.4 is 14.8 Å². The van der Waals surface area contributed by atoms with Gasteiger partial charge in [-0.05, 0) is 51.1 Å². The summed E-state index contributed by atoms with van der Waals surface area (Å²) in [7, 11) is 0. The molecule has 0 bridgehead atoms. The number of aromatic amines is 1. The molecule has 3 aromatic rings. The molecule has 0 aliphatic heterocycles. The molecule has 2 N–H and O–H groups in total. The summed E-state index contributed by atoms with van der Waals surface area (Å²) >= 11 is 0. The molecular weight excluding hydrogens is 364 g/mol. The third-order valence-electron chi connectivity index (χ3n) is 4.54. The van der Waals surface area contributed by atoms with Gasteiger partial charge in [0, 0.05) is 24.4 Å². The van der Waals surface area contributed by atoms with E-state index in [1.165, 1.54) is 25.7 Å². The Kier molecular flexibility index (Phi) is 7.87. The first-order chi connectivity index (χ1) is 14.2. The van der Waals surface area contributed by atoms with Crippen LogP contribution in [0.1, 0.15) is 46.5 Å². The molecule has 1 aromatic carbocycles. The highest BCUT2D eigenvalue weighted by Gasteiger charge is 2.11. The number of aromatic nitrogens is 3. The molecule has 6 nitrogen and oxygen atoms in total. The maximum atomic E-state index is 5.99. The molecule has 2 heterocycles. The van der Waals surface area contributed by atoms with Crippen LogP contribution in [0.4, 0.5) is 0 Å². The standard InChI is InChI=1S/C23H32N4O2/c1-4-5-6-7-10-24-12-13-28-19-14-18(15-20(16-19)29-17(2)3)22-26-21-9-8-11-25-23(21)27-22/h8-9,11,14-17,24H,4-7,10,12-13H2,1-3H3,(H,25,26,27). The second-order valence-electron chi connectivity index (χ2n) is 7.48. The number of ether oxygens (including phenoxy) is 2. The van der Waals surface area contributed by atoms with Crippen molar-refractivity contribution in [3.63, 3.8) is 0 Å². The van der Waals surface area contributed by atoms with Gasteiger partial charge in [-0.3, -0.25) is 0 Å². The lowest BCUT2D eigenvalue weighted by atomic mass is 10.2. The van der Waals surface area contributed by atoms with E-state index >= 15 is 0 Å². The number of hydrogen-bond donors (Lipinski definition) is 2. The lowest BCUT2D eigenvalue weighted by Crippen LogP contribution is -2.22. The van der Waals surface area contributed by atoms with Crippen molar-refractivity contribution in [1.82, 2.24) is 20.3 Å². The maximum Gasteiger partial charge on any atom is 0.178 e. The fourth-order valence-electron chi connectivity index (χ4n) is 3.16. The monoisotopic (exact) mass is 396 g/mol. The minimum absolute atomic E-state index is 0.0835. The Morgan fingerprint density at radius 3 is 2.72 bits per heavy atom. The Labute approximate surface area is 173 Å². The number of rotatable bonds is 12. The summed E-state index contributed by atoms with van der Waals surface area (Å²) in [5.74, 6) is 2.31. The van der Waals surface area contributed by atoms with Crippen molar-refractivity contribution in [2.45, 2.75) is 52.6 Å². The molecule has 0 fully saturated rings. The van der Waals surface area contributed by atoms with Crippen LogP contribution >= 0.6 is 0 Å². The van der Waals surface area contributed by atoms with Crippen LogP contribution in [-0.4, -0.2) is 40.8 Å². The van der Waals surface area contributed by atoms with Crippen LogP contribution in [0.15, 0.2) is 36.5 Å². The van der Waals surface area contributed by atoms with E-state index in [0.29, 0.717) is 12.3 Å². The van der Waals surface area contributed by atoms with E-state index in [0.717, 1.165) is 41.5 Å². The summed E-state index contributed by atoms with van der Waals surface area (Å²) in [4.78, 5) is 12.2. The zero-order chi connectivity index (χ0) is 20.5. The van der Waals surface area contributed by atoms with Crippen LogP contribution in [0, 0.1) is 0 Å². The number of imidazole rings is 1. The zero-order valence-electron chi connectivity index (χ0n) is 17.7. The fraction of sp³-hybridized carbons (Fsp3) is 0.478. The van der Waals surface area contributed by atoms with E-state index in [4.69, 9.17) is 9.47 Å².